The van der Waals surface area contributed by atoms with Crippen molar-refractivity contribution in [3.8, 4) is 0 Å². The van der Waals surface area contributed by atoms with Gasteiger partial charge in [-0.05, 0) is 30.7 Å². The van der Waals surface area contributed by atoms with Gasteiger partial charge in [-0.3, -0.25) is 4.98 Å². The Morgan fingerprint density at radius 2 is 2.18 bits per heavy atom. The van der Waals surface area contributed by atoms with Gasteiger partial charge in [0.05, 0.1) is 11.7 Å². The van der Waals surface area contributed by atoms with Crippen molar-refractivity contribution in [3.05, 3.63) is 59.2 Å². The molecule has 3 rings (SSSR count). The quantitative estimate of drug-likeness (QED) is 0.810. The van der Waals surface area contributed by atoms with Crippen LogP contribution in [0.1, 0.15) is 22.9 Å². The number of nitrogens with one attached hydrogen (secondary N) is 1. The Labute approximate surface area is 99.5 Å². The third kappa shape index (κ3) is 1.68. The molecule has 17 heavy (non-hydrogen) atoms. The first-order valence-electron chi connectivity index (χ1n) is 5.71. The summed E-state index contributed by atoms with van der Waals surface area (Å²) in [6.45, 7) is 1.99. The van der Waals surface area contributed by atoms with Crippen LogP contribution < -0.4 is 5.32 Å². The van der Waals surface area contributed by atoms with Gasteiger partial charge in [0.15, 0.2) is 0 Å². The molecule has 0 fully saturated rings. The molecule has 2 aromatic rings. The summed E-state index contributed by atoms with van der Waals surface area (Å²) in [6, 6.07) is 9.24. The number of pyridine rings is 1. The van der Waals surface area contributed by atoms with Gasteiger partial charge in [-0.25, -0.2) is 4.39 Å². The van der Waals surface area contributed by atoms with Crippen molar-refractivity contribution in [2.45, 2.75) is 19.4 Å². The minimum atomic E-state index is -0.128. The Bertz CT molecular complexity index is 521. The Morgan fingerprint density at radius 1 is 1.29 bits per heavy atom. The predicted octanol–water partition coefficient (Wildman–Crippen LogP) is 3.24. The van der Waals surface area contributed by atoms with Gasteiger partial charge in [0.2, 0.25) is 0 Å². The lowest BCUT2D eigenvalue weighted by Gasteiger charge is -2.10. The van der Waals surface area contributed by atoms with Gasteiger partial charge in [0.25, 0.3) is 0 Å². The summed E-state index contributed by atoms with van der Waals surface area (Å²) in [7, 11) is 0. The van der Waals surface area contributed by atoms with Crippen molar-refractivity contribution in [3.63, 3.8) is 0 Å². The molecule has 3 heteroatoms. The van der Waals surface area contributed by atoms with Crippen LogP contribution in [0, 0.1) is 12.7 Å². The first-order valence-corrected chi connectivity index (χ1v) is 5.71. The molecule has 1 aromatic carbocycles. The van der Waals surface area contributed by atoms with E-state index < -0.39 is 0 Å². The van der Waals surface area contributed by atoms with Gasteiger partial charge in [-0.15, -0.1) is 0 Å². The van der Waals surface area contributed by atoms with Crippen molar-refractivity contribution in [2.24, 2.45) is 0 Å². The lowest BCUT2D eigenvalue weighted by molar-refractivity contribution is 0.609. The largest absolute Gasteiger partial charge is 0.376 e. The monoisotopic (exact) mass is 228 g/mol. The molecule has 2 heterocycles. The fraction of sp³-hybridized carbons (Fsp3) is 0.214. The summed E-state index contributed by atoms with van der Waals surface area (Å²) >= 11 is 0. The number of fused-ring (bicyclic) bond motifs is 1. The average Bonchev–Trinajstić information content (AvgIpc) is 2.81. The fourth-order valence-electron chi connectivity index (χ4n) is 2.33. The molecule has 1 atom stereocenters. The molecule has 2 nitrogen and oxygen atoms in total. The normalized spacial score (nSPS) is 17.6. The standard InChI is InChI=1S/C14H13FN2/c1-9-5-6-11(15)10-8-13(17-14(9)10)12-4-2-3-7-16-12/h2-7,13,17H,8H2,1H3. The Hall–Kier alpha value is -1.90. The van der Waals surface area contributed by atoms with Gasteiger partial charge >= 0.3 is 0 Å². The van der Waals surface area contributed by atoms with Crippen molar-refractivity contribution >= 4 is 5.69 Å². The van der Waals surface area contributed by atoms with E-state index in [1.807, 2.05) is 31.2 Å². The van der Waals surface area contributed by atoms with Crippen LogP contribution in [-0.4, -0.2) is 4.98 Å². The van der Waals surface area contributed by atoms with E-state index in [2.05, 4.69) is 10.3 Å². The van der Waals surface area contributed by atoms with E-state index in [9.17, 15) is 4.39 Å². The van der Waals surface area contributed by atoms with Gasteiger partial charge in [0.1, 0.15) is 5.82 Å². The second-order valence-electron chi connectivity index (χ2n) is 4.37. The first kappa shape index (κ1) is 10.3. The molecule has 0 aliphatic carbocycles. The highest BCUT2D eigenvalue weighted by molar-refractivity contribution is 5.63. The maximum atomic E-state index is 13.7. The van der Waals surface area contributed by atoms with E-state index in [1.54, 1.807) is 6.20 Å². The van der Waals surface area contributed by atoms with E-state index in [4.69, 9.17) is 0 Å². The van der Waals surface area contributed by atoms with E-state index in [1.165, 1.54) is 6.07 Å². The Kier molecular flexibility index (Phi) is 2.32. The second-order valence-corrected chi connectivity index (χ2v) is 4.37. The molecule has 0 saturated carbocycles. The van der Waals surface area contributed by atoms with Crippen LogP contribution in [0.2, 0.25) is 0 Å². The predicted molar refractivity (Wildman–Crippen MR) is 65.4 cm³/mol. The van der Waals surface area contributed by atoms with Crippen molar-refractivity contribution in [1.29, 1.82) is 0 Å². The maximum absolute atomic E-state index is 13.7. The summed E-state index contributed by atoms with van der Waals surface area (Å²) < 4.78 is 13.7. The molecular formula is C14H13FN2. The molecule has 0 bridgehead atoms. The Morgan fingerprint density at radius 3 is 2.88 bits per heavy atom. The third-order valence-corrected chi connectivity index (χ3v) is 3.24. The zero-order valence-electron chi connectivity index (χ0n) is 9.57. The number of anilines is 1. The van der Waals surface area contributed by atoms with Crippen LogP contribution in [0.4, 0.5) is 10.1 Å². The van der Waals surface area contributed by atoms with E-state index >= 15 is 0 Å². The fourth-order valence-corrected chi connectivity index (χ4v) is 2.33. The van der Waals surface area contributed by atoms with Crippen LogP contribution in [-0.2, 0) is 6.42 Å². The maximum Gasteiger partial charge on any atom is 0.128 e. The summed E-state index contributed by atoms with van der Waals surface area (Å²) in [5, 5.41) is 3.36. The number of benzene rings is 1. The van der Waals surface area contributed by atoms with Crippen LogP contribution in [0.3, 0.4) is 0 Å². The summed E-state index contributed by atoms with van der Waals surface area (Å²) in [4.78, 5) is 4.32. The highest BCUT2D eigenvalue weighted by Crippen LogP contribution is 2.37. The number of halogens is 1. The lowest BCUT2D eigenvalue weighted by Crippen LogP contribution is -2.07. The van der Waals surface area contributed by atoms with Gasteiger partial charge in [-0.1, -0.05) is 12.1 Å². The highest BCUT2D eigenvalue weighted by atomic mass is 19.1. The number of hydrogen-bond acceptors (Lipinski definition) is 2. The minimum absolute atomic E-state index is 0.0850. The summed E-state index contributed by atoms with van der Waals surface area (Å²) in [5.41, 5.74) is 3.75. The molecule has 1 unspecified atom stereocenters. The van der Waals surface area contributed by atoms with E-state index in [-0.39, 0.29) is 11.9 Å². The number of hydrogen-bond donors (Lipinski definition) is 1. The lowest BCUT2D eigenvalue weighted by atomic mass is 10.0. The van der Waals surface area contributed by atoms with Crippen LogP contribution in [0.25, 0.3) is 0 Å². The van der Waals surface area contributed by atoms with Gasteiger partial charge in [-0.2, -0.15) is 0 Å². The molecule has 1 aliphatic rings. The van der Waals surface area contributed by atoms with Crippen LogP contribution >= 0.6 is 0 Å². The molecule has 1 N–H and O–H groups in total. The number of nitrogens with zero attached hydrogens (tertiary/aromatic N) is 1. The molecular weight excluding hydrogens is 215 g/mol. The van der Waals surface area contributed by atoms with Gasteiger partial charge < -0.3 is 5.32 Å². The molecule has 86 valence electrons. The highest BCUT2D eigenvalue weighted by Gasteiger charge is 2.26. The molecule has 1 aromatic heterocycles. The Balaban J connectivity index is 1.98. The van der Waals surface area contributed by atoms with E-state index in [0.717, 1.165) is 22.5 Å². The first-order chi connectivity index (χ1) is 8.25. The molecule has 0 saturated heterocycles. The molecule has 0 radical (unpaired) electrons. The average molecular weight is 228 g/mol. The van der Waals surface area contributed by atoms with Gasteiger partial charge in [0, 0.05) is 23.9 Å². The van der Waals surface area contributed by atoms with Crippen LogP contribution in [0.15, 0.2) is 36.5 Å². The zero-order chi connectivity index (χ0) is 11.8. The second kappa shape index (κ2) is 3.84. The number of aryl methyl sites for hydroxylation is 1. The van der Waals surface area contributed by atoms with Crippen LogP contribution in [0.5, 0.6) is 0 Å². The number of aromatic nitrogens is 1. The summed E-state index contributed by atoms with van der Waals surface area (Å²) in [5.74, 6) is -0.128. The smallest absolute Gasteiger partial charge is 0.128 e. The van der Waals surface area contributed by atoms with E-state index in [0.29, 0.717) is 6.42 Å². The number of rotatable bonds is 1. The zero-order valence-corrected chi connectivity index (χ0v) is 9.57. The van der Waals surface area contributed by atoms with Crippen molar-refractivity contribution in [1.82, 2.24) is 4.98 Å². The SMILES string of the molecule is Cc1ccc(F)c2c1NC(c1ccccn1)C2. The third-order valence-electron chi connectivity index (χ3n) is 3.24. The minimum Gasteiger partial charge on any atom is -0.376 e. The van der Waals surface area contributed by atoms with Crippen molar-refractivity contribution in [2.75, 3.05) is 5.32 Å². The topological polar surface area (TPSA) is 24.9 Å². The summed E-state index contributed by atoms with van der Waals surface area (Å²) in [6.07, 6.45) is 2.43. The molecule has 0 amide bonds. The molecule has 1 aliphatic heterocycles. The molecule has 0 spiro atoms. The van der Waals surface area contributed by atoms with Crippen molar-refractivity contribution < 1.29 is 4.39 Å².